The Morgan fingerprint density at radius 3 is 2.52 bits per heavy atom. The van der Waals surface area contributed by atoms with Crippen LogP contribution in [0.2, 0.25) is 0 Å². The minimum absolute atomic E-state index is 0.209. The molecule has 25 heavy (non-hydrogen) atoms. The maximum Gasteiger partial charge on any atom is 0.311 e. The summed E-state index contributed by atoms with van der Waals surface area (Å²) in [6.07, 6.45) is -4.47. The van der Waals surface area contributed by atoms with Crippen LogP contribution >= 0.6 is 0 Å². The number of aliphatic hydroxyl groups excluding tert-OH is 1. The molecule has 0 aromatic heterocycles. The third-order valence-corrected chi connectivity index (χ3v) is 4.23. The van der Waals surface area contributed by atoms with Gasteiger partial charge in [-0.3, -0.25) is 4.79 Å². The molecule has 0 bridgehead atoms. The number of carbonyl (C=O) groups is 1. The number of hydrogen-bond donors (Lipinski definition) is 1. The molecular weight excluding hydrogens is 327 g/mol. The maximum atomic E-state index is 14.4. The minimum Gasteiger partial charge on any atom is -0.462 e. The second-order valence-electron chi connectivity index (χ2n) is 7.48. The number of halogens is 1. The third-order valence-electron chi connectivity index (χ3n) is 4.23. The summed E-state index contributed by atoms with van der Waals surface area (Å²) >= 11 is 0. The van der Waals surface area contributed by atoms with E-state index < -0.39 is 42.0 Å². The van der Waals surface area contributed by atoms with Crippen molar-refractivity contribution in [2.24, 2.45) is 11.3 Å². The van der Waals surface area contributed by atoms with E-state index in [0.29, 0.717) is 0 Å². The smallest absolute Gasteiger partial charge is 0.311 e. The average molecular weight is 354 g/mol. The van der Waals surface area contributed by atoms with Crippen molar-refractivity contribution in [3.8, 4) is 0 Å². The lowest BCUT2D eigenvalue weighted by Gasteiger charge is -2.40. The topological polar surface area (TPSA) is 65.0 Å². The molecule has 1 heterocycles. The number of carbonyl (C=O) groups excluding carboxylic acids is 1. The molecule has 1 saturated heterocycles. The molecule has 2 rings (SSSR count). The number of rotatable bonds is 5. The highest BCUT2D eigenvalue weighted by molar-refractivity contribution is 5.75. The molecule has 1 N–H and O–H groups in total. The molecule has 0 radical (unpaired) electrons. The molecule has 1 aromatic carbocycles. The van der Waals surface area contributed by atoms with Gasteiger partial charge in [0.25, 0.3) is 0 Å². The third kappa shape index (κ3) is 5.23. The summed E-state index contributed by atoms with van der Waals surface area (Å²) in [6.45, 7) is 6.79. The summed E-state index contributed by atoms with van der Waals surface area (Å²) in [5, 5.41) is 10.2. The van der Waals surface area contributed by atoms with Gasteiger partial charge in [0.1, 0.15) is 25.0 Å². The van der Waals surface area contributed by atoms with Crippen LogP contribution in [0.3, 0.4) is 0 Å². The molecule has 2 unspecified atom stereocenters. The van der Waals surface area contributed by atoms with Gasteiger partial charge in [0.2, 0.25) is 0 Å². The number of alkyl halides is 1. The summed E-state index contributed by atoms with van der Waals surface area (Å²) in [4.78, 5) is 11.9. The van der Waals surface area contributed by atoms with Gasteiger partial charge in [-0.05, 0) is 26.3 Å². The SMILES string of the molecule is C[C@@H]1C(O)[C@H](OCc2ccccc2)OC(COC(=O)C(C)(C)C)[C@@H]1F. The molecule has 0 saturated carbocycles. The van der Waals surface area contributed by atoms with Gasteiger partial charge in [-0.2, -0.15) is 0 Å². The van der Waals surface area contributed by atoms with Crippen LogP contribution in [-0.2, 0) is 25.6 Å². The molecule has 0 spiro atoms. The molecule has 1 aromatic rings. The van der Waals surface area contributed by atoms with Crippen LogP contribution in [0.5, 0.6) is 0 Å². The lowest BCUT2D eigenvalue weighted by atomic mass is 9.92. The zero-order valence-electron chi connectivity index (χ0n) is 15.1. The van der Waals surface area contributed by atoms with Crippen LogP contribution in [0.1, 0.15) is 33.3 Å². The Balaban J connectivity index is 1.95. The van der Waals surface area contributed by atoms with E-state index in [4.69, 9.17) is 14.2 Å². The lowest BCUT2D eigenvalue weighted by molar-refractivity contribution is -0.282. The fourth-order valence-corrected chi connectivity index (χ4v) is 2.50. The molecule has 1 aliphatic heterocycles. The van der Waals surface area contributed by atoms with Crippen LogP contribution in [0, 0.1) is 11.3 Å². The van der Waals surface area contributed by atoms with E-state index in [1.165, 1.54) is 0 Å². The molecule has 0 amide bonds. The predicted octanol–water partition coefficient (Wildman–Crippen LogP) is 2.85. The van der Waals surface area contributed by atoms with E-state index in [-0.39, 0.29) is 13.2 Å². The normalized spacial score (nSPS) is 30.1. The Labute approximate surface area is 148 Å². The van der Waals surface area contributed by atoms with Gasteiger partial charge < -0.3 is 19.3 Å². The van der Waals surface area contributed by atoms with Crippen LogP contribution in [0.4, 0.5) is 4.39 Å². The monoisotopic (exact) mass is 354 g/mol. The van der Waals surface area contributed by atoms with Crippen molar-refractivity contribution in [1.29, 1.82) is 0 Å². The Morgan fingerprint density at radius 1 is 1.28 bits per heavy atom. The first-order valence-electron chi connectivity index (χ1n) is 8.50. The van der Waals surface area contributed by atoms with Crippen molar-refractivity contribution in [3.63, 3.8) is 0 Å². The van der Waals surface area contributed by atoms with Gasteiger partial charge in [-0.1, -0.05) is 37.3 Å². The molecule has 5 atom stereocenters. The summed E-state index contributed by atoms with van der Waals surface area (Å²) in [5.41, 5.74) is 0.249. The van der Waals surface area contributed by atoms with Crippen LogP contribution in [0.15, 0.2) is 30.3 Å². The first kappa shape index (κ1) is 19.8. The van der Waals surface area contributed by atoms with Crippen molar-refractivity contribution < 1.29 is 28.5 Å². The van der Waals surface area contributed by atoms with E-state index in [2.05, 4.69) is 0 Å². The van der Waals surface area contributed by atoms with Gasteiger partial charge in [-0.15, -0.1) is 0 Å². The van der Waals surface area contributed by atoms with Gasteiger partial charge in [0.15, 0.2) is 6.29 Å². The summed E-state index contributed by atoms with van der Waals surface area (Å²) in [5.74, 6) is -1.11. The molecule has 1 fully saturated rings. The van der Waals surface area contributed by atoms with Crippen molar-refractivity contribution >= 4 is 5.97 Å². The fourth-order valence-electron chi connectivity index (χ4n) is 2.50. The Kier molecular flexibility index (Phi) is 6.54. The fraction of sp³-hybridized carbons (Fsp3) is 0.632. The Bertz CT molecular complexity index is 557. The molecular formula is C19H27FO5. The highest BCUT2D eigenvalue weighted by Crippen LogP contribution is 2.30. The van der Waals surface area contributed by atoms with Crippen LogP contribution < -0.4 is 0 Å². The standard InChI is InChI=1S/C19H27FO5/c1-12-15(20)14(11-24-18(22)19(2,3)4)25-17(16(12)21)23-10-13-8-6-5-7-9-13/h5-9,12,14-17,21H,10-11H2,1-4H3/t12-,14?,15+,16?,17+/m0/s1. The summed E-state index contributed by atoms with van der Waals surface area (Å²) in [6, 6.07) is 9.43. The second kappa shape index (κ2) is 8.25. The Hall–Kier alpha value is -1.50. The highest BCUT2D eigenvalue weighted by atomic mass is 19.1. The summed E-state index contributed by atoms with van der Waals surface area (Å²) in [7, 11) is 0. The van der Waals surface area contributed by atoms with Crippen LogP contribution in [-0.4, -0.2) is 42.4 Å². The lowest BCUT2D eigenvalue weighted by Crippen LogP contribution is -2.54. The molecule has 5 nitrogen and oxygen atoms in total. The molecule has 140 valence electrons. The number of benzene rings is 1. The zero-order valence-corrected chi connectivity index (χ0v) is 15.1. The van der Waals surface area contributed by atoms with Crippen molar-refractivity contribution in [3.05, 3.63) is 35.9 Å². The quantitative estimate of drug-likeness (QED) is 0.824. The number of hydrogen-bond acceptors (Lipinski definition) is 5. The maximum absolute atomic E-state index is 14.4. The second-order valence-corrected chi connectivity index (χ2v) is 7.48. The van der Waals surface area contributed by atoms with Gasteiger partial charge in [0.05, 0.1) is 12.0 Å². The number of aliphatic hydroxyl groups is 1. The van der Waals surface area contributed by atoms with E-state index in [1.807, 2.05) is 30.3 Å². The minimum atomic E-state index is -1.45. The number of ether oxygens (including phenoxy) is 3. The van der Waals surface area contributed by atoms with Gasteiger partial charge in [-0.25, -0.2) is 4.39 Å². The van der Waals surface area contributed by atoms with Crippen molar-refractivity contribution in [1.82, 2.24) is 0 Å². The molecule has 0 aliphatic carbocycles. The van der Waals surface area contributed by atoms with Gasteiger partial charge in [0, 0.05) is 5.92 Å². The van der Waals surface area contributed by atoms with E-state index in [9.17, 15) is 14.3 Å². The van der Waals surface area contributed by atoms with E-state index in [1.54, 1.807) is 27.7 Å². The first-order valence-corrected chi connectivity index (χ1v) is 8.50. The molecule has 6 heteroatoms. The van der Waals surface area contributed by atoms with Crippen molar-refractivity contribution in [2.45, 2.75) is 59.0 Å². The van der Waals surface area contributed by atoms with Crippen molar-refractivity contribution in [2.75, 3.05) is 6.61 Å². The van der Waals surface area contributed by atoms with Gasteiger partial charge >= 0.3 is 5.97 Å². The van der Waals surface area contributed by atoms with E-state index >= 15 is 0 Å². The average Bonchev–Trinajstić information content (AvgIpc) is 2.58. The predicted molar refractivity (Wildman–Crippen MR) is 90.4 cm³/mol. The first-order chi connectivity index (χ1) is 11.7. The largest absolute Gasteiger partial charge is 0.462 e. The molecule has 1 aliphatic rings. The van der Waals surface area contributed by atoms with Crippen LogP contribution in [0.25, 0.3) is 0 Å². The summed E-state index contributed by atoms with van der Waals surface area (Å²) < 4.78 is 30.8. The van der Waals surface area contributed by atoms with E-state index in [0.717, 1.165) is 5.56 Å². The number of esters is 1. The zero-order chi connectivity index (χ0) is 18.6. The Morgan fingerprint density at radius 2 is 1.92 bits per heavy atom. The highest BCUT2D eigenvalue weighted by Gasteiger charge is 2.44.